The molecule has 0 bridgehead atoms. The quantitative estimate of drug-likeness (QED) is 0.885. The maximum Gasteiger partial charge on any atom is 0.156 e. The number of aliphatic imine (C=N–C) groups is 1. The van der Waals surface area contributed by atoms with Crippen LogP contribution in [-0.2, 0) is 6.42 Å². The van der Waals surface area contributed by atoms with Crippen molar-refractivity contribution in [2.45, 2.75) is 31.9 Å². The van der Waals surface area contributed by atoms with Crippen LogP contribution in [0.2, 0.25) is 0 Å². The Bertz CT molecular complexity index is 358. The summed E-state index contributed by atoms with van der Waals surface area (Å²) < 4.78 is 0. The summed E-state index contributed by atoms with van der Waals surface area (Å²) in [5, 5.41) is 7.42. The lowest BCUT2D eigenvalue weighted by atomic mass is 10.1. The second-order valence-corrected chi connectivity index (χ2v) is 7.09. The Labute approximate surface area is 112 Å². The van der Waals surface area contributed by atoms with Crippen molar-refractivity contribution in [2.24, 2.45) is 10.9 Å². The van der Waals surface area contributed by atoms with Gasteiger partial charge >= 0.3 is 0 Å². The summed E-state index contributed by atoms with van der Waals surface area (Å²) in [7, 11) is 0. The first-order chi connectivity index (χ1) is 8.24. The van der Waals surface area contributed by atoms with E-state index in [0.717, 1.165) is 30.6 Å². The summed E-state index contributed by atoms with van der Waals surface area (Å²) in [5.74, 6) is 0.771. The van der Waals surface area contributed by atoms with E-state index in [0.29, 0.717) is 5.25 Å². The lowest BCUT2D eigenvalue weighted by Crippen LogP contribution is -2.22. The number of hydrogen-bond acceptors (Lipinski definition) is 4. The summed E-state index contributed by atoms with van der Waals surface area (Å²) in [6.07, 6.45) is 2.37. The van der Waals surface area contributed by atoms with E-state index in [-0.39, 0.29) is 0 Å². The van der Waals surface area contributed by atoms with Crippen molar-refractivity contribution in [3.63, 3.8) is 0 Å². The molecule has 0 fully saturated rings. The van der Waals surface area contributed by atoms with Crippen molar-refractivity contribution < 1.29 is 0 Å². The van der Waals surface area contributed by atoms with Crippen LogP contribution in [-0.4, -0.2) is 23.5 Å². The predicted octanol–water partition coefficient (Wildman–Crippen LogP) is 3.40. The summed E-state index contributed by atoms with van der Waals surface area (Å²) in [4.78, 5) is 6.01. The highest BCUT2D eigenvalue weighted by molar-refractivity contribution is 8.14. The molecule has 1 aromatic rings. The number of nitrogens with zero attached hydrogens (tertiary/aromatic N) is 1. The summed E-state index contributed by atoms with van der Waals surface area (Å²) in [6, 6.07) is 4.30. The number of rotatable bonds is 5. The van der Waals surface area contributed by atoms with Gasteiger partial charge in [-0.2, -0.15) is 0 Å². The molecule has 1 aromatic heterocycles. The third-order valence-corrected chi connectivity index (χ3v) is 4.79. The molecule has 4 heteroatoms. The Morgan fingerprint density at radius 3 is 3.12 bits per heavy atom. The van der Waals surface area contributed by atoms with Gasteiger partial charge < -0.3 is 5.32 Å². The van der Waals surface area contributed by atoms with Crippen molar-refractivity contribution in [2.75, 3.05) is 13.1 Å². The van der Waals surface area contributed by atoms with E-state index in [1.807, 2.05) is 23.1 Å². The molecule has 0 saturated carbocycles. The molecule has 1 aliphatic rings. The molecular weight excluding hydrogens is 248 g/mol. The fraction of sp³-hybridized carbons (Fsp3) is 0.615. The van der Waals surface area contributed by atoms with Gasteiger partial charge in [0.2, 0.25) is 0 Å². The summed E-state index contributed by atoms with van der Waals surface area (Å²) in [6.45, 7) is 6.55. The zero-order chi connectivity index (χ0) is 12.1. The Kier molecular flexibility index (Phi) is 4.92. The lowest BCUT2D eigenvalue weighted by Gasteiger charge is -2.11. The van der Waals surface area contributed by atoms with Gasteiger partial charge in [0.25, 0.3) is 0 Å². The van der Waals surface area contributed by atoms with E-state index in [4.69, 9.17) is 0 Å². The number of thiophene rings is 1. The van der Waals surface area contributed by atoms with Gasteiger partial charge in [0.1, 0.15) is 0 Å². The molecule has 0 aromatic carbocycles. The molecule has 0 amide bonds. The van der Waals surface area contributed by atoms with Crippen LogP contribution in [0.5, 0.6) is 0 Å². The Morgan fingerprint density at radius 2 is 2.41 bits per heavy atom. The van der Waals surface area contributed by atoms with Crippen LogP contribution in [0.1, 0.15) is 25.1 Å². The second-order valence-electron chi connectivity index (χ2n) is 4.77. The number of hydrogen-bond donors (Lipinski definition) is 1. The number of nitrogens with one attached hydrogen (secondary N) is 1. The van der Waals surface area contributed by atoms with Gasteiger partial charge in [0.05, 0.1) is 6.54 Å². The van der Waals surface area contributed by atoms with Gasteiger partial charge in [-0.25, -0.2) is 0 Å². The highest BCUT2D eigenvalue weighted by Crippen LogP contribution is 2.25. The van der Waals surface area contributed by atoms with Crippen molar-refractivity contribution in [1.29, 1.82) is 0 Å². The van der Waals surface area contributed by atoms with Crippen molar-refractivity contribution >= 4 is 28.3 Å². The van der Waals surface area contributed by atoms with Crippen LogP contribution in [0.4, 0.5) is 0 Å². The van der Waals surface area contributed by atoms with E-state index in [9.17, 15) is 0 Å². The zero-order valence-corrected chi connectivity index (χ0v) is 12.1. The monoisotopic (exact) mass is 268 g/mol. The Hall–Kier alpha value is -0.480. The van der Waals surface area contributed by atoms with E-state index < -0.39 is 0 Å². The minimum absolute atomic E-state index is 0.694. The average molecular weight is 268 g/mol. The molecule has 0 saturated heterocycles. The fourth-order valence-corrected chi connectivity index (χ4v) is 3.90. The smallest absolute Gasteiger partial charge is 0.156 e. The third kappa shape index (κ3) is 4.36. The van der Waals surface area contributed by atoms with E-state index in [2.05, 4.69) is 41.7 Å². The predicted molar refractivity (Wildman–Crippen MR) is 79.2 cm³/mol. The van der Waals surface area contributed by atoms with Crippen LogP contribution < -0.4 is 5.32 Å². The van der Waals surface area contributed by atoms with Crippen molar-refractivity contribution in [3.8, 4) is 0 Å². The van der Waals surface area contributed by atoms with Gasteiger partial charge in [-0.05, 0) is 30.2 Å². The molecule has 0 aliphatic carbocycles. The van der Waals surface area contributed by atoms with Gasteiger partial charge in [0.15, 0.2) is 5.17 Å². The van der Waals surface area contributed by atoms with Crippen LogP contribution in [0.25, 0.3) is 0 Å². The molecule has 17 heavy (non-hydrogen) atoms. The SMILES string of the molecule is CC(C)CC1CN=C(NCCc2cccs2)S1. The molecule has 0 radical (unpaired) electrons. The average Bonchev–Trinajstić information content (AvgIpc) is 2.89. The minimum Gasteiger partial charge on any atom is -0.365 e. The molecule has 1 atom stereocenters. The highest BCUT2D eigenvalue weighted by atomic mass is 32.2. The third-order valence-electron chi connectivity index (χ3n) is 2.68. The molecule has 1 N–H and O–H groups in total. The van der Waals surface area contributed by atoms with Gasteiger partial charge in [-0.3, -0.25) is 4.99 Å². The first-order valence-electron chi connectivity index (χ1n) is 6.21. The van der Waals surface area contributed by atoms with Crippen LogP contribution in [0.3, 0.4) is 0 Å². The van der Waals surface area contributed by atoms with Crippen LogP contribution in [0, 0.1) is 5.92 Å². The number of thioether (sulfide) groups is 1. The zero-order valence-electron chi connectivity index (χ0n) is 10.5. The normalized spacial score (nSPS) is 19.7. The van der Waals surface area contributed by atoms with Crippen molar-refractivity contribution in [1.82, 2.24) is 5.32 Å². The van der Waals surface area contributed by atoms with Crippen molar-refractivity contribution in [3.05, 3.63) is 22.4 Å². The lowest BCUT2D eigenvalue weighted by molar-refractivity contribution is 0.575. The van der Waals surface area contributed by atoms with Crippen LogP contribution >= 0.6 is 23.1 Å². The maximum absolute atomic E-state index is 4.56. The van der Waals surface area contributed by atoms with E-state index in [1.54, 1.807) is 0 Å². The molecule has 94 valence electrons. The largest absolute Gasteiger partial charge is 0.365 e. The maximum atomic E-state index is 4.56. The molecule has 2 nitrogen and oxygen atoms in total. The van der Waals surface area contributed by atoms with Gasteiger partial charge in [-0.15, -0.1) is 11.3 Å². The van der Waals surface area contributed by atoms with E-state index >= 15 is 0 Å². The Balaban J connectivity index is 1.64. The Morgan fingerprint density at radius 1 is 1.53 bits per heavy atom. The highest BCUT2D eigenvalue weighted by Gasteiger charge is 2.19. The van der Waals surface area contributed by atoms with Gasteiger partial charge in [-0.1, -0.05) is 31.7 Å². The topological polar surface area (TPSA) is 24.4 Å². The van der Waals surface area contributed by atoms with Crippen LogP contribution in [0.15, 0.2) is 22.5 Å². The molecule has 2 rings (SSSR count). The minimum atomic E-state index is 0.694. The first-order valence-corrected chi connectivity index (χ1v) is 7.97. The first kappa shape index (κ1) is 13.0. The molecule has 0 spiro atoms. The molecule has 1 aliphatic heterocycles. The number of amidine groups is 1. The standard InChI is InChI=1S/C13H20N2S2/c1-10(2)8-12-9-15-13(17-12)14-6-5-11-4-3-7-16-11/h3-4,7,10,12H,5-6,8-9H2,1-2H3,(H,14,15). The molecular formula is C13H20N2S2. The summed E-state index contributed by atoms with van der Waals surface area (Å²) >= 11 is 3.75. The summed E-state index contributed by atoms with van der Waals surface area (Å²) in [5.41, 5.74) is 0. The second kappa shape index (κ2) is 6.45. The molecule has 1 unspecified atom stereocenters. The molecule has 2 heterocycles. The van der Waals surface area contributed by atoms with E-state index in [1.165, 1.54) is 11.3 Å². The fourth-order valence-electron chi connectivity index (χ4n) is 1.91. The van der Waals surface area contributed by atoms with Gasteiger partial charge in [0, 0.05) is 16.7 Å².